The maximum absolute atomic E-state index is 9.47. The van der Waals surface area contributed by atoms with Gasteiger partial charge in [-0.05, 0) is 47.0 Å². The fourth-order valence-electron chi connectivity index (χ4n) is 2.86. The zero-order chi connectivity index (χ0) is 14.7. The average Bonchev–Trinajstić information content (AvgIpc) is 3.03. The summed E-state index contributed by atoms with van der Waals surface area (Å²) in [5.41, 5.74) is 3.72. The Morgan fingerprint density at radius 3 is 2.62 bits per heavy atom. The number of hydrogen-bond donors (Lipinski definition) is 0. The van der Waals surface area contributed by atoms with E-state index in [1.807, 2.05) is 5.38 Å². The molecule has 0 saturated carbocycles. The minimum atomic E-state index is -0.101. The molecule has 3 rings (SSSR count). The molecule has 0 spiro atoms. The van der Waals surface area contributed by atoms with E-state index in [9.17, 15) is 5.26 Å². The Kier molecular flexibility index (Phi) is 4.23. The van der Waals surface area contributed by atoms with E-state index in [1.165, 1.54) is 11.3 Å². The van der Waals surface area contributed by atoms with Crippen molar-refractivity contribution >= 4 is 17.0 Å². The van der Waals surface area contributed by atoms with Crippen molar-refractivity contribution in [2.24, 2.45) is 0 Å². The van der Waals surface area contributed by atoms with Crippen molar-refractivity contribution in [2.45, 2.75) is 13.0 Å². The van der Waals surface area contributed by atoms with Gasteiger partial charge in [-0.25, -0.2) is 0 Å². The molecule has 108 valence electrons. The van der Waals surface area contributed by atoms with Gasteiger partial charge < -0.3 is 4.90 Å². The Balaban J connectivity index is 1.66. The zero-order valence-corrected chi connectivity index (χ0v) is 13.0. The topological polar surface area (TPSA) is 30.3 Å². The van der Waals surface area contributed by atoms with Crippen LogP contribution in [0.25, 0.3) is 0 Å². The summed E-state index contributed by atoms with van der Waals surface area (Å²) in [7, 11) is 0. The maximum Gasteiger partial charge on any atom is 0.124 e. The molecule has 1 unspecified atom stereocenters. The molecule has 1 aliphatic rings. The summed E-state index contributed by atoms with van der Waals surface area (Å²) < 4.78 is 0. The van der Waals surface area contributed by atoms with Gasteiger partial charge in [0, 0.05) is 31.9 Å². The molecule has 2 heterocycles. The van der Waals surface area contributed by atoms with Gasteiger partial charge in [-0.2, -0.15) is 16.6 Å². The first kappa shape index (κ1) is 14.1. The van der Waals surface area contributed by atoms with Crippen molar-refractivity contribution in [3.63, 3.8) is 0 Å². The number of nitriles is 1. The van der Waals surface area contributed by atoms with E-state index >= 15 is 0 Å². The largest absolute Gasteiger partial charge is 0.369 e. The van der Waals surface area contributed by atoms with Crippen LogP contribution in [0.3, 0.4) is 0 Å². The van der Waals surface area contributed by atoms with Crippen molar-refractivity contribution in [3.8, 4) is 6.07 Å². The number of rotatable bonds is 3. The van der Waals surface area contributed by atoms with Crippen molar-refractivity contribution in [1.29, 1.82) is 5.26 Å². The highest BCUT2D eigenvalue weighted by Crippen LogP contribution is 2.25. The first-order valence-corrected chi connectivity index (χ1v) is 8.19. The molecular weight excluding hydrogens is 278 g/mol. The summed E-state index contributed by atoms with van der Waals surface area (Å²) in [5, 5.41) is 13.6. The molecule has 0 bridgehead atoms. The summed E-state index contributed by atoms with van der Waals surface area (Å²) in [5.74, 6) is 0. The van der Waals surface area contributed by atoms with Crippen LogP contribution in [0.4, 0.5) is 5.69 Å². The van der Waals surface area contributed by atoms with Gasteiger partial charge in [0.05, 0.1) is 6.07 Å². The van der Waals surface area contributed by atoms with Crippen LogP contribution in [0.2, 0.25) is 0 Å². The van der Waals surface area contributed by atoms with E-state index in [0.717, 1.165) is 31.7 Å². The molecule has 0 radical (unpaired) electrons. The molecule has 1 aliphatic heterocycles. The first-order valence-electron chi connectivity index (χ1n) is 7.25. The molecule has 0 amide bonds. The number of aryl methyl sites for hydroxylation is 1. The van der Waals surface area contributed by atoms with Gasteiger partial charge in [0.15, 0.2) is 0 Å². The second-order valence-corrected chi connectivity index (χ2v) is 6.23. The van der Waals surface area contributed by atoms with Crippen molar-refractivity contribution in [2.75, 3.05) is 31.1 Å². The highest BCUT2D eigenvalue weighted by Gasteiger charge is 2.25. The molecule has 1 fully saturated rings. The highest BCUT2D eigenvalue weighted by molar-refractivity contribution is 7.08. The lowest BCUT2D eigenvalue weighted by Crippen LogP contribution is -2.47. The number of thiophene rings is 1. The van der Waals surface area contributed by atoms with Crippen LogP contribution in [0.1, 0.15) is 17.2 Å². The molecule has 1 aromatic heterocycles. The van der Waals surface area contributed by atoms with E-state index in [1.54, 1.807) is 11.3 Å². The Labute approximate surface area is 130 Å². The Bertz CT molecular complexity index is 622. The molecule has 0 N–H and O–H groups in total. The average molecular weight is 297 g/mol. The molecule has 4 heteroatoms. The van der Waals surface area contributed by atoms with Crippen LogP contribution in [-0.4, -0.2) is 31.1 Å². The number of anilines is 1. The monoisotopic (exact) mass is 297 g/mol. The fourth-order valence-corrected chi connectivity index (χ4v) is 3.54. The number of nitrogens with zero attached hydrogens (tertiary/aromatic N) is 3. The quantitative estimate of drug-likeness (QED) is 0.869. The smallest absolute Gasteiger partial charge is 0.124 e. The van der Waals surface area contributed by atoms with Crippen LogP contribution in [0.5, 0.6) is 0 Å². The highest BCUT2D eigenvalue weighted by atomic mass is 32.1. The zero-order valence-electron chi connectivity index (χ0n) is 12.2. The van der Waals surface area contributed by atoms with Crippen LogP contribution in [0, 0.1) is 18.3 Å². The van der Waals surface area contributed by atoms with Gasteiger partial charge >= 0.3 is 0 Å². The summed E-state index contributed by atoms with van der Waals surface area (Å²) in [4.78, 5) is 4.69. The van der Waals surface area contributed by atoms with Crippen LogP contribution < -0.4 is 4.90 Å². The van der Waals surface area contributed by atoms with Gasteiger partial charge in [0.1, 0.15) is 6.04 Å². The third kappa shape index (κ3) is 3.10. The number of piperazine rings is 1. The predicted molar refractivity (Wildman–Crippen MR) is 87.6 cm³/mol. The van der Waals surface area contributed by atoms with Crippen molar-refractivity contribution < 1.29 is 0 Å². The van der Waals surface area contributed by atoms with Crippen LogP contribution in [-0.2, 0) is 0 Å². The lowest BCUT2D eigenvalue weighted by molar-refractivity contribution is 0.222. The predicted octanol–water partition coefficient (Wildman–Crippen LogP) is 3.44. The Hall–Kier alpha value is -1.83. The first-order chi connectivity index (χ1) is 10.3. The molecule has 1 aromatic carbocycles. The second-order valence-electron chi connectivity index (χ2n) is 5.45. The summed E-state index contributed by atoms with van der Waals surface area (Å²) in [6.45, 7) is 5.95. The third-order valence-corrected chi connectivity index (χ3v) is 4.73. The van der Waals surface area contributed by atoms with Gasteiger partial charge in [0.2, 0.25) is 0 Å². The molecule has 0 aliphatic carbocycles. The van der Waals surface area contributed by atoms with E-state index in [4.69, 9.17) is 0 Å². The fraction of sp³-hybridized carbons (Fsp3) is 0.353. The van der Waals surface area contributed by atoms with Gasteiger partial charge in [0.25, 0.3) is 0 Å². The maximum atomic E-state index is 9.47. The van der Waals surface area contributed by atoms with E-state index in [-0.39, 0.29) is 6.04 Å². The molecule has 1 saturated heterocycles. The molecule has 3 nitrogen and oxygen atoms in total. The summed E-state index contributed by atoms with van der Waals surface area (Å²) >= 11 is 1.66. The molecule has 21 heavy (non-hydrogen) atoms. The van der Waals surface area contributed by atoms with Crippen molar-refractivity contribution in [3.05, 3.63) is 52.2 Å². The number of hydrogen-bond acceptors (Lipinski definition) is 4. The normalized spacial score (nSPS) is 17.4. The van der Waals surface area contributed by atoms with E-state index in [0.29, 0.717) is 0 Å². The molecule has 1 atom stereocenters. The minimum absolute atomic E-state index is 0.101. The standard InChI is InChI=1S/C17H19N3S/c1-14-3-2-4-16(11-14)19-6-8-20(9-7-19)17(12-18)15-5-10-21-13-15/h2-5,10-11,13,17H,6-9H2,1H3. The molecular formula is C17H19N3S. The van der Waals surface area contributed by atoms with Gasteiger partial charge in [-0.15, -0.1) is 0 Å². The van der Waals surface area contributed by atoms with Gasteiger partial charge in [-0.1, -0.05) is 12.1 Å². The third-order valence-electron chi connectivity index (χ3n) is 4.03. The second kappa shape index (κ2) is 6.30. The molecule has 2 aromatic rings. The minimum Gasteiger partial charge on any atom is -0.369 e. The number of benzene rings is 1. The van der Waals surface area contributed by atoms with Crippen LogP contribution in [0.15, 0.2) is 41.1 Å². The Morgan fingerprint density at radius 1 is 1.19 bits per heavy atom. The summed E-state index contributed by atoms with van der Waals surface area (Å²) in [6, 6.07) is 13.1. The van der Waals surface area contributed by atoms with E-state index < -0.39 is 0 Å². The van der Waals surface area contributed by atoms with E-state index in [2.05, 4.69) is 58.5 Å². The Morgan fingerprint density at radius 2 is 2.00 bits per heavy atom. The SMILES string of the molecule is Cc1cccc(N2CCN(C(C#N)c3ccsc3)CC2)c1. The summed E-state index contributed by atoms with van der Waals surface area (Å²) in [6.07, 6.45) is 0. The lowest BCUT2D eigenvalue weighted by atomic mass is 10.1. The van der Waals surface area contributed by atoms with Gasteiger partial charge in [-0.3, -0.25) is 4.90 Å². The van der Waals surface area contributed by atoms with Crippen molar-refractivity contribution in [1.82, 2.24) is 4.90 Å². The van der Waals surface area contributed by atoms with Crippen LogP contribution >= 0.6 is 11.3 Å². The lowest BCUT2D eigenvalue weighted by Gasteiger charge is -2.38.